The van der Waals surface area contributed by atoms with Crippen LogP contribution in [-0.4, -0.2) is 37.1 Å². The zero-order valence-electron chi connectivity index (χ0n) is 14.8. The number of nitrogens with one attached hydrogen (secondary N) is 1. The van der Waals surface area contributed by atoms with Crippen LogP contribution in [0.4, 0.5) is 0 Å². The highest BCUT2D eigenvalue weighted by molar-refractivity contribution is 4.91. The molecule has 2 aliphatic rings. The van der Waals surface area contributed by atoms with Gasteiger partial charge >= 0.3 is 0 Å². The van der Waals surface area contributed by atoms with Gasteiger partial charge in [0, 0.05) is 19.1 Å². The summed E-state index contributed by atoms with van der Waals surface area (Å²) in [7, 11) is 0. The first-order valence-corrected chi connectivity index (χ1v) is 9.64. The molecule has 1 aliphatic carbocycles. The average Bonchev–Trinajstić information content (AvgIpc) is 2.50. The van der Waals surface area contributed by atoms with Gasteiger partial charge in [-0.15, -0.1) is 0 Å². The molecule has 124 valence electrons. The van der Waals surface area contributed by atoms with Crippen molar-refractivity contribution in [2.75, 3.05) is 26.2 Å². The fraction of sp³-hybridized carbons (Fsp3) is 1.00. The third-order valence-corrected chi connectivity index (χ3v) is 5.99. The van der Waals surface area contributed by atoms with Crippen LogP contribution in [0.1, 0.15) is 78.6 Å². The summed E-state index contributed by atoms with van der Waals surface area (Å²) < 4.78 is 0. The first-order valence-electron chi connectivity index (χ1n) is 9.64. The zero-order chi connectivity index (χ0) is 15.1. The van der Waals surface area contributed by atoms with Gasteiger partial charge in [0.05, 0.1) is 0 Å². The Balaban J connectivity index is 1.99. The molecular weight excluding hydrogens is 256 g/mol. The average molecular weight is 295 g/mol. The molecule has 0 amide bonds. The van der Waals surface area contributed by atoms with E-state index in [1.165, 1.54) is 77.4 Å². The number of nitrogens with zero attached hydrogens (tertiary/aromatic N) is 1. The van der Waals surface area contributed by atoms with E-state index < -0.39 is 0 Å². The smallest absolute Gasteiger partial charge is 0.00954 e. The van der Waals surface area contributed by atoms with Crippen molar-refractivity contribution in [1.29, 1.82) is 0 Å². The maximum atomic E-state index is 3.68. The lowest BCUT2D eigenvalue weighted by Crippen LogP contribution is -2.50. The second-order valence-electron chi connectivity index (χ2n) is 7.87. The maximum absolute atomic E-state index is 3.68. The van der Waals surface area contributed by atoms with Crippen LogP contribution >= 0.6 is 0 Å². The van der Waals surface area contributed by atoms with E-state index in [2.05, 4.69) is 31.0 Å². The molecule has 1 saturated heterocycles. The fourth-order valence-corrected chi connectivity index (χ4v) is 4.51. The highest BCUT2D eigenvalue weighted by atomic mass is 15.2. The number of hydrogen-bond acceptors (Lipinski definition) is 2. The van der Waals surface area contributed by atoms with E-state index in [0.717, 1.165) is 18.5 Å². The summed E-state index contributed by atoms with van der Waals surface area (Å²) in [6.45, 7) is 12.1. The third kappa shape index (κ3) is 4.96. The van der Waals surface area contributed by atoms with Crippen molar-refractivity contribution in [3.63, 3.8) is 0 Å². The summed E-state index contributed by atoms with van der Waals surface area (Å²) in [5, 5.41) is 3.68. The minimum atomic E-state index is 0.561. The lowest BCUT2D eigenvalue weighted by molar-refractivity contribution is 0.0431. The molecule has 0 aromatic carbocycles. The first-order chi connectivity index (χ1) is 10.2. The van der Waals surface area contributed by atoms with Crippen LogP contribution in [0.3, 0.4) is 0 Å². The molecule has 2 nitrogen and oxygen atoms in total. The molecule has 0 aromatic rings. The van der Waals surface area contributed by atoms with Crippen LogP contribution in [0.15, 0.2) is 0 Å². The van der Waals surface area contributed by atoms with Crippen LogP contribution in [0.5, 0.6) is 0 Å². The van der Waals surface area contributed by atoms with Gasteiger partial charge in [-0.1, -0.05) is 46.5 Å². The fourth-order valence-electron chi connectivity index (χ4n) is 4.51. The number of hydrogen-bond donors (Lipinski definition) is 1. The predicted molar refractivity (Wildman–Crippen MR) is 92.7 cm³/mol. The van der Waals surface area contributed by atoms with E-state index in [9.17, 15) is 0 Å². The first kappa shape index (κ1) is 17.3. The Hall–Kier alpha value is -0.0800. The monoisotopic (exact) mass is 294 g/mol. The molecule has 1 saturated carbocycles. The molecule has 2 rings (SSSR count). The number of piperidine rings is 1. The Morgan fingerprint density at radius 3 is 2.52 bits per heavy atom. The lowest BCUT2D eigenvalue weighted by Gasteiger charge is -2.46. The van der Waals surface area contributed by atoms with Gasteiger partial charge in [0.15, 0.2) is 0 Å². The molecule has 0 bridgehead atoms. The molecule has 1 heterocycles. The summed E-state index contributed by atoms with van der Waals surface area (Å²) >= 11 is 0. The second-order valence-corrected chi connectivity index (χ2v) is 7.87. The van der Waals surface area contributed by atoms with Gasteiger partial charge < -0.3 is 5.32 Å². The van der Waals surface area contributed by atoms with E-state index in [1.807, 2.05) is 0 Å². The number of rotatable bonds is 7. The molecule has 0 radical (unpaired) electrons. The second kappa shape index (κ2) is 8.53. The van der Waals surface area contributed by atoms with Crippen LogP contribution < -0.4 is 5.32 Å². The van der Waals surface area contributed by atoms with Gasteiger partial charge in [-0.3, -0.25) is 4.90 Å². The number of likely N-dealkylation sites (tertiary alicyclic amines) is 1. The van der Waals surface area contributed by atoms with Gasteiger partial charge in [-0.25, -0.2) is 0 Å². The van der Waals surface area contributed by atoms with E-state index in [1.54, 1.807) is 0 Å². The maximum Gasteiger partial charge on any atom is 0.00954 e. The van der Waals surface area contributed by atoms with Gasteiger partial charge in [0.25, 0.3) is 0 Å². The topological polar surface area (TPSA) is 15.3 Å². The SMILES string of the molecule is CCCC1CCCCN1CC1(CNCC)CCC(C)CC1. The third-order valence-electron chi connectivity index (χ3n) is 5.99. The largest absolute Gasteiger partial charge is 0.316 e. The van der Waals surface area contributed by atoms with Crippen LogP contribution in [-0.2, 0) is 0 Å². The van der Waals surface area contributed by atoms with Crippen LogP contribution in [0, 0.1) is 11.3 Å². The normalized spacial score (nSPS) is 35.0. The summed E-state index contributed by atoms with van der Waals surface area (Å²) in [5.74, 6) is 0.951. The molecule has 1 aliphatic heterocycles. The van der Waals surface area contributed by atoms with Crippen molar-refractivity contribution in [1.82, 2.24) is 10.2 Å². The van der Waals surface area contributed by atoms with Gasteiger partial charge in [0.2, 0.25) is 0 Å². The molecule has 1 atom stereocenters. The lowest BCUT2D eigenvalue weighted by atomic mass is 9.70. The minimum Gasteiger partial charge on any atom is -0.316 e. The highest BCUT2D eigenvalue weighted by Gasteiger charge is 2.37. The van der Waals surface area contributed by atoms with Crippen molar-refractivity contribution in [3.8, 4) is 0 Å². The molecule has 2 fully saturated rings. The quantitative estimate of drug-likeness (QED) is 0.746. The highest BCUT2D eigenvalue weighted by Crippen LogP contribution is 2.40. The molecule has 0 aromatic heterocycles. The Kier molecular flexibility index (Phi) is 7.01. The Morgan fingerprint density at radius 1 is 1.10 bits per heavy atom. The summed E-state index contributed by atoms with van der Waals surface area (Å²) in [6, 6.07) is 0.876. The molecule has 1 unspecified atom stereocenters. The molecule has 0 spiro atoms. The van der Waals surface area contributed by atoms with E-state index >= 15 is 0 Å². The van der Waals surface area contributed by atoms with Crippen molar-refractivity contribution >= 4 is 0 Å². The zero-order valence-corrected chi connectivity index (χ0v) is 14.8. The van der Waals surface area contributed by atoms with E-state index in [-0.39, 0.29) is 0 Å². The Morgan fingerprint density at radius 2 is 1.86 bits per heavy atom. The van der Waals surface area contributed by atoms with Gasteiger partial charge in [-0.05, 0) is 56.5 Å². The van der Waals surface area contributed by atoms with Crippen LogP contribution in [0.2, 0.25) is 0 Å². The van der Waals surface area contributed by atoms with Crippen molar-refractivity contribution in [3.05, 3.63) is 0 Å². The van der Waals surface area contributed by atoms with Gasteiger partial charge in [-0.2, -0.15) is 0 Å². The summed E-state index contributed by atoms with van der Waals surface area (Å²) in [6.07, 6.45) is 12.8. The van der Waals surface area contributed by atoms with E-state index in [4.69, 9.17) is 0 Å². The summed E-state index contributed by atoms with van der Waals surface area (Å²) in [5.41, 5.74) is 0.561. The van der Waals surface area contributed by atoms with Crippen molar-refractivity contribution in [2.45, 2.75) is 84.6 Å². The molecule has 2 heteroatoms. The van der Waals surface area contributed by atoms with Crippen molar-refractivity contribution < 1.29 is 0 Å². The molecular formula is C19H38N2. The van der Waals surface area contributed by atoms with Gasteiger partial charge in [0.1, 0.15) is 0 Å². The predicted octanol–water partition coefficient (Wildman–Crippen LogP) is 4.45. The minimum absolute atomic E-state index is 0.561. The summed E-state index contributed by atoms with van der Waals surface area (Å²) in [4.78, 5) is 2.88. The molecule has 1 N–H and O–H groups in total. The Labute approximate surface area is 133 Å². The Bertz CT molecular complexity index is 274. The molecule has 21 heavy (non-hydrogen) atoms. The van der Waals surface area contributed by atoms with Crippen molar-refractivity contribution in [2.24, 2.45) is 11.3 Å². The van der Waals surface area contributed by atoms with Crippen LogP contribution in [0.25, 0.3) is 0 Å². The standard InChI is InChI=1S/C19H38N2/c1-4-8-18-9-6-7-14-21(18)16-19(15-20-5-2)12-10-17(3)11-13-19/h17-18,20H,4-16H2,1-3H3. The van der Waals surface area contributed by atoms with E-state index in [0.29, 0.717) is 5.41 Å².